The van der Waals surface area contributed by atoms with Crippen molar-refractivity contribution in [3.63, 3.8) is 0 Å². The number of thiazole rings is 1. The van der Waals surface area contributed by atoms with Gasteiger partial charge in [-0.05, 0) is 35.4 Å². The number of H-pyrrole nitrogens is 1. The number of fused-ring (bicyclic) bond motifs is 1. The van der Waals surface area contributed by atoms with E-state index in [-0.39, 0.29) is 4.87 Å². The van der Waals surface area contributed by atoms with E-state index in [1.807, 2.05) is 18.2 Å². The summed E-state index contributed by atoms with van der Waals surface area (Å²) in [5, 5.41) is 10.5. The predicted molar refractivity (Wildman–Crippen MR) is 119 cm³/mol. The molecular formula is C22H21NO6S2. The zero-order chi connectivity index (χ0) is 22.1. The molecule has 2 N–H and O–H groups in total. The summed E-state index contributed by atoms with van der Waals surface area (Å²) in [5.74, 6) is -0.443. The maximum absolute atomic E-state index is 12.6. The van der Waals surface area contributed by atoms with E-state index in [0.717, 1.165) is 27.3 Å². The molecule has 0 spiro atoms. The normalized spacial score (nSPS) is 20.0. The molecule has 0 fully saturated rings. The van der Waals surface area contributed by atoms with Crippen LogP contribution in [0.2, 0.25) is 0 Å². The van der Waals surface area contributed by atoms with E-state index in [4.69, 9.17) is 14.2 Å². The molecule has 1 aromatic heterocycles. The molecule has 31 heavy (non-hydrogen) atoms. The first-order chi connectivity index (χ1) is 15.0. The van der Waals surface area contributed by atoms with Crippen LogP contribution >= 0.6 is 23.1 Å². The van der Waals surface area contributed by atoms with Gasteiger partial charge in [-0.15, -0.1) is 0 Å². The molecule has 0 saturated heterocycles. The number of ether oxygens (including phenoxy) is 3. The molecule has 2 heterocycles. The van der Waals surface area contributed by atoms with Crippen LogP contribution in [0.5, 0.6) is 17.2 Å². The molecule has 4 rings (SSSR count). The van der Waals surface area contributed by atoms with Crippen molar-refractivity contribution in [1.29, 1.82) is 0 Å². The highest BCUT2D eigenvalue weighted by Gasteiger charge is 2.45. The first kappa shape index (κ1) is 21.3. The van der Waals surface area contributed by atoms with Crippen molar-refractivity contribution < 1.29 is 24.1 Å². The molecular weight excluding hydrogens is 438 g/mol. The molecule has 0 amide bonds. The Bertz CT molecular complexity index is 1150. The fourth-order valence-corrected chi connectivity index (χ4v) is 6.50. The molecule has 2 aromatic carbocycles. The van der Waals surface area contributed by atoms with E-state index in [1.54, 1.807) is 45.6 Å². The number of aliphatic carboxylic acids is 1. The van der Waals surface area contributed by atoms with E-state index < -0.39 is 23.1 Å². The van der Waals surface area contributed by atoms with Gasteiger partial charge in [0, 0.05) is 10.8 Å². The molecule has 7 nitrogen and oxygen atoms in total. The summed E-state index contributed by atoms with van der Waals surface area (Å²) in [4.78, 5) is 28.2. The summed E-state index contributed by atoms with van der Waals surface area (Å²) >= 11 is 2.42. The molecule has 3 aromatic rings. The van der Waals surface area contributed by atoms with Crippen molar-refractivity contribution in [1.82, 2.24) is 4.98 Å². The Kier molecular flexibility index (Phi) is 5.97. The fraction of sp³-hybridized carbons (Fsp3) is 0.273. The van der Waals surface area contributed by atoms with Gasteiger partial charge in [0.05, 0.1) is 37.5 Å². The zero-order valence-electron chi connectivity index (χ0n) is 17.1. The van der Waals surface area contributed by atoms with Crippen molar-refractivity contribution in [3.05, 3.63) is 68.1 Å². The van der Waals surface area contributed by atoms with Gasteiger partial charge in [0.25, 0.3) is 0 Å². The number of benzene rings is 2. The summed E-state index contributed by atoms with van der Waals surface area (Å²) < 4.78 is 16.0. The Morgan fingerprint density at radius 1 is 0.968 bits per heavy atom. The van der Waals surface area contributed by atoms with Gasteiger partial charge in [-0.25, -0.2) is 0 Å². The summed E-state index contributed by atoms with van der Waals surface area (Å²) in [5.41, 5.74) is 1.60. The third kappa shape index (κ3) is 3.90. The highest BCUT2D eigenvalue weighted by molar-refractivity contribution is 7.99. The quantitative estimate of drug-likeness (QED) is 0.572. The lowest BCUT2D eigenvalue weighted by Gasteiger charge is -2.35. The Hall–Kier alpha value is -2.91. The number of carbonyl (C=O) groups is 1. The van der Waals surface area contributed by atoms with E-state index in [0.29, 0.717) is 22.3 Å². The van der Waals surface area contributed by atoms with Gasteiger partial charge in [-0.3, -0.25) is 9.59 Å². The number of rotatable bonds is 6. The number of aromatic nitrogens is 1. The van der Waals surface area contributed by atoms with E-state index >= 15 is 0 Å². The average molecular weight is 460 g/mol. The molecule has 162 valence electrons. The lowest BCUT2D eigenvalue weighted by molar-refractivity contribution is -0.142. The molecule has 0 bridgehead atoms. The van der Waals surface area contributed by atoms with Crippen LogP contribution in [0.15, 0.2) is 52.3 Å². The number of methoxy groups -OCH3 is 3. The summed E-state index contributed by atoms with van der Waals surface area (Å²) in [6.07, 6.45) is 0. The topological polar surface area (TPSA) is 97.9 Å². The highest BCUT2D eigenvalue weighted by atomic mass is 32.2. The lowest BCUT2D eigenvalue weighted by atomic mass is 9.80. The molecule has 0 unspecified atom stereocenters. The number of nitrogens with one attached hydrogen (secondary N) is 1. The lowest BCUT2D eigenvalue weighted by Crippen LogP contribution is -2.30. The Labute approximate surface area is 187 Å². The largest absolute Gasteiger partial charge is 0.497 e. The van der Waals surface area contributed by atoms with Gasteiger partial charge < -0.3 is 24.3 Å². The second kappa shape index (κ2) is 8.68. The van der Waals surface area contributed by atoms with Crippen LogP contribution in [0.25, 0.3) is 0 Å². The van der Waals surface area contributed by atoms with Crippen LogP contribution in [0.4, 0.5) is 0 Å². The fourth-order valence-electron chi connectivity index (χ4n) is 3.90. The number of carboxylic acid groups (broad SMARTS) is 1. The van der Waals surface area contributed by atoms with Crippen molar-refractivity contribution >= 4 is 29.1 Å². The van der Waals surface area contributed by atoms with Crippen LogP contribution in [-0.4, -0.2) is 37.4 Å². The van der Waals surface area contributed by atoms with E-state index in [1.165, 1.54) is 11.8 Å². The monoisotopic (exact) mass is 459 g/mol. The molecule has 0 radical (unpaired) electrons. The summed E-state index contributed by atoms with van der Waals surface area (Å²) in [7, 11) is 4.67. The van der Waals surface area contributed by atoms with E-state index in [9.17, 15) is 14.7 Å². The minimum atomic E-state index is -0.931. The number of hydrogen-bond acceptors (Lipinski definition) is 7. The standard InChI is InChI=1S/C22H21NO6S2/c1-27-13-7-4-11(5-8-13)16-17(21(24)25)18(30-20-19(16)31-22(26)23-20)12-6-9-14(28-2)15(10-12)29-3/h4-10,16-18H,1-3H3,(H,23,26)(H,24,25)/t16-,17+,18+/m0/s1. The molecule has 9 heteroatoms. The van der Waals surface area contributed by atoms with Gasteiger partial charge >= 0.3 is 10.8 Å². The second-order valence-corrected chi connectivity index (χ2v) is 9.14. The van der Waals surface area contributed by atoms with Gasteiger partial charge in [-0.1, -0.05) is 41.3 Å². The Morgan fingerprint density at radius 2 is 1.65 bits per heavy atom. The van der Waals surface area contributed by atoms with Crippen molar-refractivity contribution in [2.75, 3.05) is 21.3 Å². The molecule has 1 aliphatic heterocycles. The van der Waals surface area contributed by atoms with Gasteiger partial charge in [0.15, 0.2) is 11.5 Å². The van der Waals surface area contributed by atoms with E-state index in [2.05, 4.69) is 4.98 Å². The molecule has 1 aliphatic rings. The maximum atomic E-state index is 12.6. The summed E-state index contributed by atoms with van der Waals surface area (Å²) in [6, 6.07) is 12.7. The first-order valence-electron chi connectivity index (χ1n) is 9.45. The molecule has 0 saturated carbocycles. The third-order valence-corrected chi connectivity index (χ3v) is 7.82. The molecule has 3 atom stereocenters. The van der Waals surface area contributed by atoms with Gasteiger partial charge in [0.1, 0.15) is 5.75 Å². The van der Waals surface area contributed by atoms with Crippen molar-refractivity contribution in [3.8, 4) is 17.2 Å². The first-order valence-corrected chi connectivity index (χ1v) is 11.1. The number of hydrogen-bond donors (Lipinski definition) is 2. The number of thioether (sulfide) groups is 1. The Balaban J connectivity index is 1.87. The van der Waals surface area contributed by atoms with Crippen LogP contribution in [0.3, 0.4) is 0 Å². The van der Waals surface area contributed by atoms with Crippen molar-refractivity contribution in [2.24, 2.45) is 5.92 Å². The number of aromatic amines is 1. The molecule has 0 aliphatic carbocycles. The average Bonchev–Trinajstić information content (AvgIpc) is 3.17. The van der Waals surface area contributed by atoms with Crippen LogP contribution in [0.1, 0.15) is 27.2 Å². The smallest absolute Gasteiger partial charge is 0.308 e. The minimum absolute atomic E-state index is 0.201. The van der Waals surface area contributed by atoms with Crippen LogP contribution in [0, 0.1) is 5.92 Å². The zero-order valence-corrected chi connectivity index (χ0v) is 18.7. The third-order valence-electron chi connectivity index (χ3n) is 5.35. The van der Waals surface area contributed by atoms with Gasteiger partial charge in [0.2, 0.25) is 0 Å². The predicted octanol–water partition coefficient (Wildman–Crippen LogP) is 4.14. The van der Waals surface area contributed by atoms with Crippen LogP contribution in [-0.2, 0) is 4.79 Å². The summed E-state index contributed by atoms with van der Waals surface area (Å²) in [6.45, 7) is 0. The highest BCUT2D eigenvalue weighted by Crippen LogP contribution is 2.56. The SMILES string of the molecule is COc1ccc([C@@H]2c3sc(=O)[nH]c3S[C@H](c3ccc(OC)c(OC)c3)[C@@H]2C(=O)O)cc1. The van der Waals surface area contributed by atoms with Crippen LogP contribution < -0.4 is 19.1 Å². The minimum Gasteiger partial charge on any atom is -0.497 e. The maximum Gasteiger partial charge on any atom is 0.308 e. The van der Waals surface area contributed by atoms with Gasteiger partial charge in [-0.2, -0.15) is 0 Å². The second-order valence-electron chi connectivity index (χ2n) is 6.98. The Morgan fingerprint density at radius 3 is 2.26 bits per heavy atom. The van der Waals surface area contributed by atoms with Crippen molar-refractivity contribution in [2.45, 2.75) is 16.2 Å². The number of carboxylic acids is 1.